The Morgan fingerprint density at radius 1 is 0.853 bits per heavy atom. The van der Waals surface area contributed by atoms with Crippen LogP contribution in [-0.4, -0.2) is 65.7 Å². The zero-order valence-corrected chi connectivity index (χ0v) is 17.5. The van der Waals surface area contributed by atoms with Gasteiger partial charge in [-0.3, -0.25) is 4.98 Å². The van der Waals surface area contributed by atoms with E-state index in [4.69, 9.17) is 19.8 Å². The molecule has 0 bridgehead atoms. The minimum Gasteiger partial charge on any atom is -0.475 e. The van der Waals surface area contributed by atoms with Crippen LogP contribution >= 0.6 is 0 Å². The molecule has 0 radical (unpaired) electrons. The molecule has 0 spiro atoms. The van der Waals surface area contributed by atoms with Gasteiger partial charge in [0.25, 0.3) is 0 Å². The zero-order chi connectivity index (χ0) is 25.5. The van der Waals surface area contributed by atoms with Crippen LogP contribution in [0.4, 0.5) is 32.0 Å². The molecular weight excluding hydrogens is 472 g/mol. The number of hydrogen-bond acceptors (Lipinski definition) is 5. The first-order valence-corrected chi connectivity index (χ1v) is 9.85. The fourth-order valence-electron chi connectivity index (χ4n) is 3.46. The summed E-state index contributed by atoms with van der Waals surface area (Å²) >= 11 is 0. The van der Waals surface area contributed by atoms with E-state index in [1.54, 1.807) is 0 Å². The highest BCUT2D eigenvalue weighted by atomic mass is 19.4. The highest BCUT2D eigenvalue weighted by Gasteiger charge is 2.39. The Morgan fingerprint density at radius 3 is 1.71 bits per heavy atom. The number of aromatic nitrogens is 1. The number of anilines is 1. The van der Waals surface area contributed by atoms with Crippen LogP contribution in [0.15, 0.2) is 48.8 Å². The Kier molecular flexibility index (Phi) is 8.85. The second-order valence-electron chi connectivity index (χ2n) is 7.48. The van der Waals surface area contributed by atoms with E-state index in [0.717, 1.165) is 11.8 Å². The van der Waals surface area contributed by atoms with Crippen LogP contribution in [0.3, 0.4) is 0 Å². The molecular formula is C21H21F6N3O4. The lowest BCUT2D eigenvalue weighted by Crippen LogP contribution is -2.25. The molecule has 3 N–H and O–H groups in total. The van der Waals surface area contributed by atoms with Gasteiger partial charge >= 0.3 is 24.3 Å². The van der Waals surface area contributed by atoms with Gasteiger partial charge in [0.15, 0.2) is 0 Å². The minimum absolute atomic E-state index is 0.841. The fourth-order valence-corrected chi connectivity index (χ4v) is 3.46. The average molecular weight is 493 g/mol. The predicted molar refractivity (Wildman–Crippen MR) is 109 cm³/mol. The Hall–Kier alpha value is -3.35. The molecule has 13 heteroatoms. The summed E-state index contributed by atoms with van der Waals surface area (Å²) in [7, 11) is 0. The van der Waals surface area contributed by atoms with Crippen molar-refractivity contribution in [2.45, 2.75) is 12.4 Å². The second-order valence-corrected chi connectivity index (χ2v) is 7.48. The van der Waals surface area contributed by atoms with Gasteiger partial charge in [-0.15, -0.1) is 0 Å². The van der Waals surface area contributed by atoms with E-state index in [2.05, 4.69) is 45.5 Å². The van der Waals surface area contributed by atoms with E-state index in [9.17, 15) is 26.3 Å². The molecule has 2 fully saturated rings. The van der Waals surface area contributed by atoms with Crippen molar-refractivity contribution in [2.75, 3.05) is 31.1 Å². The van der Waals surface area contributed by atoms with Crippen molar-refractivity contribution in [2.24, 2.45) is 11.8 Å². The third-order valence-corrected chi connectivity index (χ3v) is 5.10. The van der Waals surface area contributed by atoms with Gasteiger partial charge in [0, 0.05) is 44.3 Å². The number of halogens is 6. The van der Waals surface area contributed by atoms with Crippen LogP contribution < -0.4 is 10.2 Å². The van der Waals surface area contributed by atoms with Crippen molar-refractivity contribution in [1.82, 2.24) is 10.3 Å². The van der Waals surface area contributed by atoms with Gasteiger partial charge in [0.2, 0.25) is 0 Å². The molecule has 0 saturated carbocycles. The number of carboxylic acids is 2. The van der Waals surface area contributed by atoms with Crippen molar-refractivity contribution in [3.8, 4) is 11.1 Å². The largest absolute Gasteiger partial charge is 0.490 e. The number of alkyl halides is 6. The van der Waals surface area contributed by atoms with Gasteiger partial charge in [-0.2, -0.15) is 26.3 Å². The monoisotopic (exact) mass is 493 g/mol. The van der Waals surface area contributed by atoms with Gasteiger partial charge in [-0.05, 0) is 41.2 Å². The predicted octanol–water partition coefficient (Wildman–Crippen LogP) is 3.67. The summed E-state index contributed by atoms with van der Waals surface area (Å²) in [6.45, 7) is 4.78. The quantitative estimate of drug-likeness (QED) is 0.549. The Morgan fingerprint density at radius 2 is 1.32 bits per heavy atom. The molecule has 2 aromatic rings. The molecule has 2 saturated heterocycles. The first-order valence-electron chi connectivity index (χ1n) is 9.85. The Bertz CT molecular complexity index is 916. The smallest absolute Gasteiger partial charge is 0.475 e. The van der Waals surface area contributed by atoms with Crippen molar-refractivity contribution in [3.63, 3.8) is 0 Å². The number of nitrogens with one attached hydrogen (secondary N) is 1. The third-order valence-electron chi connectivity index (χ3n) is 5.10. The van der Waals surface area contributed by atoms with Crippen LogP contribution in [0.2, 0.25) is 0 Å². The molecule has 0 amide bonds. The number of hydrogen-bond donors (Lipinski definition) is 3. The fraction of sp³-hybridized carbons (Fsp3) is 0.381. The molecule has 186 valence electrons. The number of carbonyl (C=O) groups is 2. The molecule has 2 aliphatic rings. The second kappa shape index (κ2) is 11.2. The van der Waals surface area contributed by atoms with Gasteiger partial charge in [-0.25, -0.2) is 9.59 Å². The lowest BCUT2D eigenvalue weighted by atomic mass is 10.0. The topological polar surface area (TPSA) is 103 Å². The molecule has 0 aliphatic carbocycles. The van der Waals surface area contributed by atoms with Crippen molar-refractivity contribution < 1.29 is 46.1 Å². The maximum Gasteiger partial charge on any atom is 0.490 e. The van der Waals surface area contributed by atoms with E-state index in [1.807, 2.05) is 18.5 Å². The van der Waals surface area contributed by atoms with Crippen LogP contribution in [0.1, 0.15) is 0 Å². The summed E-state index contributed by atoms with van der Waals surface area (Å²) in [5.41, 5.74) is 3.77. The lowest BCUT2D eigenvalue weighted by Gasteiger charge is -2.20. The van der Waals surface area contributed by atoms with E-state index in [1.165, 1.54) is 43.0 Å². The highest BCUT2D eigenvalue weighted by Crippen LogP contribution is 2.31. The molecule has 7 nitrogen and oxygen atoms in total. The van der Waals surface area contributed by atoms with Gasteiger partial charge in [0.1, 0.15) is 0 Å². The lowest BCUT2D eigenvalue weighted by molar-refractivity contribution is -0.193. The molecule has 4 rings (SSSR count). The standard InChI is InChI=1S/C17H19N3.2C2HF3O2/c1-2-14(8-18-7-1)13-3-5-17(6-4-13)20-11-15-9-19-10-16(15)12-20;2*3-2(4,5)1(6)7/h1-8,15-16,19H,9-12H2;2*(H,6,7). The number of rotatable bonds is 2. The zero-order valence-electron chi connectivity index (χ0n) is 17.5. The molecule has 2 unspecified atom stereocenters. The number of benzene rings is 1. The third kappa shape index (κ3) is 7.90. The summed E-state index contributed by atoms with van der Waals surface area (Å²) in [5, 5.41) is 17.7. The van der Waals surface area contributed by atoms with Gasteiger partial charge in [-0.1, -0.05) is 18.2 Å². The SMILES string of the molecule is O=C(O)C(F)(F)F.O=C(O)C(F)(F)F.c1cncc(-c2ccc(N3CC4CNCC4C3)cc2)c1. The summed E-state index contributed by atoms with van der Waals surface area (Å²) in [5.74, 6) is -3.83. The van der Waals surface area contributed by atoms with Crippen LogP contribution in [0.5, 0.6) is 0 Å². The van der Waals surface area contributed by atoms with Crippen molar-refractivity contribution >= 4 is 17.6 Å². The first kappa shape index (κ1) is 26.9. The summed E-state index contributed by atoms with van der Waals surface area (Å²) in [6, 6.07) is 13.0. The maximum absolute atomic E-state index is 10.6. The van der Waals surface area contributed by atoms with Gasteiger partial charge < -0.3 is 20.4 Å². The molecule has 34 heavy (non-hydrogen) atoms. The summed E-state index contributed by atoms with van der Waals surface area (Å²) in [6.07, 6.45) is -6.43. The minimum atomic E-state index is -5.08. The summed E-state index contributed by atoms with van der Waals surface area (Å²) < 4.78 is 63.5. The molecule has 1 aromatic carbocycles. The van der Waals surface area contributed by atoms with E-state index < -0.39 is 24.3 Å². The Balaban J connectivity index is 0.000000244. The molecule has 2 aliphatic heterocycles. The maximum atomic E-state index is 10.6. The first-order chi connectivity index (χ1) is 15.8. The van der Waals surface area contributed by atoms with Crippen LogP contribution in [0, 0.1) is 11.8 Å². The number of fused-ring (bicyclic) bond motifs is 1. The molecule has 3 heterocycles. The summed E-state index contributed by atoms with van der Waals surface area (Å²) in [4.78, 5) is 24.5. The Labute approximate surface area is 190 Å². The van der Waals surface area contributed by atoms with Gasteiger partial charge in [0.05, 0.1) is 0 Å². The number of aliphatic carboxylic acids is 2. The highest BCUT2D eigenvalue weighted by molar-refractivity contribution is 5.73. The molecule has 1 aromatic heterocycles. The normalized spacial score (nSPS) is 19.3. The van der Waals surface area contributed by atoms with Crippen molar-refractivity contribution in [3.05, 3.63) is 48.8 Å². The van der Waals surface area contributed by atoms with Crippen LogP contribution in [-0.2, 0) is 9.59 Å². The number of pyridine rings is 1. The van der Waals surface area contributed by atoms with Crippen molar-refractivity contribution in [1.29, 1.82) is 0 Å². The van der Waals surface area contributed by atoms with E-state index >= 15 is 0 Å². The van der Waals surface area contributed by atoms with E-state index in [-0.39, 0.29) is 0 Å². The number of nitrogens with zero attached hydrogens (tertiary/aromatic N) is 2. The number of carboxylic acid groups (broad SMARTS) is 2. The average Bonchev–Trinajstić information content (AvgIpc) is 3.36. The van der Waals surface area contributed by atoms with E-state index in [0.29, 0.717) is 0 Å². The van der Waals surface area contributed by atoms with Crippen LogP contribution in [0.25, 0.3) is 11.1 Å². The molecule has 2 atom stereocenters.